The summed E-state index contributed by atoms with van der Waals surface area (Å²) < 4.78 is 5.40. The number of hydrogen-bond acceptors (Lipinski definition) is 3. The Morgan fingerprint density at radius 3 is 2.43 bits per heavy atom. The van der Waals surface area contributed by atoms with E-state index in [4.69, 9.17) is 4.74 Å². The van der Waals surface area contributed by atoms with E-state index in [0.29, 0.717) is 5.56 Å². The fraction of sp³-hybridized carbons (Fsp3) is 0.222. The Hall–Kier alpha value is -2.42. The van der Waals surface area contributed by atoms with Crippen LogP contribution in [0.2, 0.25) is 0 Å². The molecule has 3 aromatic rings. The second-order valence-electron chi connectivity index (χ2n) is 6.09. The van der Waals surface area contributed by atoms with Crippen molar-refractivity contribution in [1.82, 2.24) is 4.98 Å². The van der Waals surface area contributed by atoms with Gasteiger partial charge < -0.3 is 4.74 Å². The van der Waals surface area contributed by atoms with Crippen LogP contribution in [0.4, 0.5) is 0 Å². The fourth-order valence-corrected chi connectivity index (χ4v) is 2.24. The molecule has 0 amide bonds. The first-order chi connectivity index (χ1) is 9.92. The van der Waals surface area contributed by atoms with Crippen molar-refractivity contribution in [3.05, 3.63) is 54.1 Å². The monoisotopic (exact) mass is 279 g/mol. The summed E-state index contributed by atoms with van der Waals surface area (Å²) in [6, 6.07) is 15.5. The average molecular weight is 279 g/mol. The van der Waals surface area contributed by atoms with Gasteiger partial charge in [0.15, 0.2) is 0 Å². The predicted molar refractivity (Wildman–Crippen MR) is 84.4 cm³/mol. The van der Waals surface area contributed by atoms with Gasteiger partial charge in [-0.25, -0.2) is 9.78 Å². The zero-order valence-corrected chi connectivity index (χ0v) is 12.4. The van der Waals surface area contributed by atoms with Crippen LogP contribution in [0.15, 0.2) is 48.5 Å². The van der Waals surface area contributed by atoms with Crippen molar-refractivity contribution in [3.8, 4) is 0 Å². The van der Waals surface area contributed by atoms with Crippen molar-refractivity contribution < 1.29 is 9.53 Å². The molecule has 1 aromatic heterocycles. The van der Waals surface area contributed by atoms with Crippen LogP contribution in [-0.4, -0.2) is 16.6 Å². The van der Waals surface area contributed by atoms with Crippen molar-refractivity contribution in [2.24, 2.45) is 0 Å². The van der Waals surface area contributed by atoms with E-state index in [1.54, 1.807) is 6.07 Å². The molecule has 21 heavy (non-hydrogen) atoms. The molecule has 0 radical (unpaired) electrons. The maximum absolute atomic E-state index is 12.1. The molecule has 0 aliphatic rings. The molecule has 106 valence electrons. The van der Waals surface area contributed by atoms with Gasteiger partial charge in [0.2, 0.25) is 0 Å². The molecule has 0 fully saturated rings. The number of para-hydroxylation sites is 1. The molecule has 0 saturated carbocycles. The lowest BCUT2D eigenvalue weighted by atomic mass is 10.1. The topological polar surface area (TPSA) is 39.2 Å². The smallest absolute Gasteiger partial charge is 0.338 e. The van der Waals surface area contributed by atoms with E-state index < -0.39 is 5.60 Å². The Morgan fingerprint density at radius 1 is 0.952 bits per heavy atom. The third-order valence-electron chi connectivity index (χ3n) is 3.15. The number of esters is 1. The SMILES string of the molecule is CC(C)(C)OC(=O)c1ccc2nc3ccccc3cc2c1. The van der Waals surface area contributed by atoms with Crippen LogP contribution in [-0.2, 0) is 4.74 Å². The number of rotatable bonds is 1. The van der Waals surface area contributed by atoms with Crippen LogP contribution in [0.25, 0.3) is 21.8 Å². The number of carbonyl (C=O) groups excluding carboxylic acids is 1. The molecule has 0 unspecified atom stereocenters. The van der Waals surface area contributed by atoms with Gasteiger partial charge in [0.1, 0.15) is 5.60 Å². The van der Waals surface area contributed by atoms with Crippen LogP contribution >= 0.6 is 0 Å². The summed E-state index contributed by atoms with van der Waals surface area (Å²) in [7, 11) is 0. The molecule has 0 aliphatic heterocycles. The Bertz CT molecular complexity index is 831. The van der Waals surface area contributed by atoms with Crippen LogP contribution in [0.1, 0.15) is 31.1 Å². The first-order valence-corrected chi connectivity index (χ1v) is 6.95. The minimum atomic E-state index is -0.492. The van der Waals surface area contributed by atoms with Crippen molar-refractivity contribution in [3.63, 3.8) is 0 Å². The van der Waals surface area contributed by atoms with E-state index in [2.05, 4.69) is 4.98 Å². The van der Waals surface area contributed by atoms with Crippen LogP contribution in [0.5, 0.6) is 0 Å². The zero-order valence-electron chi connectivity index (χ0n) is 12.4. The predicted octanol–water partition coefficient (Wildman–Crippen LogP) is 4.34. The number of carbonyl (C=O) groups is 1. The summed E-state index contributed by atoms with van der Waals surface area (Å²) in [5.41, 5.74) is 1.89. The summed E-state index contributed by atoms with van der Waals surface area (Å²) in [5, 5.41) is 2.00. The second-order valence-corrected chi connectivity index (χ2v) is 6.09. The third-order valence-corrected chi connectivity index (χ3v) is 3.15. The molecule has 3 heteroatoms. The summed E-state index contributed by atoms with van der Waals surface area (Å²) in [4.78, 5) is 16.7. The lowest BCUT2D eigenvalue weighted by Gasteiger charge is -2.19. The highest BCUT2D eigenvalue weighted by Gasteiger charge is 2.18. The zero-order chi connectivity index (χ0) is 15.0. The summed E-state index contributed by atoms with van der Waals surface area (Å²) in [6.45, 7) is 5.59. The molecule has 1 heterocycles. The highest BCUT2D eigenvalue weighted by Crippen LogP contribution is 2.22. The lowest BCUT2D eigenvalue weighted by molar-refractivity contribution is 0.00697. The highest BCUT2D eigenvalue weighted by atomic mass is 16.6. The molecule has 3 nitrogen and oxygen atoms in total. The van der Waals surface area contributed by atoms with Gasteiger partial charge in [-0.2, -0.15) is 0 Å². The molecule has 2 aromatic carbocycles. The normalized spacial score (nSPS) is 11.8. The van der Waals surface area contributed by atoms with Gasteiger partial charge in [0.25, 0.3) is 0 Å². The summed E-state index contributed by atoms with van der Waals surface area (Å²) in [6.07, 6.45) is 0. The number of pyridine rings is 1. The van der Waals surface area contributed by atoms with E-state index in [1.165, 1.54) is 0 Å². The van der Waals surface area contributed by atoms with Crippen molar-refractivity contribution in [2.45, 2.75) is 26.4 Å². The largest absolute Gasteiger partial charge is 0.456 e. The Balaban J connectivity index is 2.07. The molecular formula is C18H17NO2. The van der Waals surface area contributed by atoms with Crippen molar-refractivity contribution in [2.75, 3.05) is 0 Å². The van der Waals surface area contributed by atoms with Gasteiger partial charge in [0, 0.05) is 10.8 Å². The van der Waals surface area contributed by atoms with Gasteiger partial charge in [-0.05, 0) is 51.1 Å². The van der Waals surface area contributed by atoms with Crippen molar-refractivity contribution in [1.29, 1.82) is 0 Å². The highest BCUT2D eigenvalue weighted by molar-refractivity contribution is 5.98. The van der Waals surface area contributed by atoms with E-state index in [0.717, 1.165) is 21.8 Å². The van der Waals surface area contributed by atoms with Gasteiger partial charge in [-0.3, -0.25) is 0 Å². The molecular weight excluding hydrogens is 262 g/mol. The van der Waals surface area contributed by atoms with Gasteiger partial charge in [-0.15, -0.1) is 0 Å². The van der Waals surface area contributed by atoms with E-state index >= 15 is 0 Å². The average Bonchev–Trinajstić information content (AvgIpc) is 2.42. The molecule has 0 spiro atoms. The third kappa shape index (κ3) is 2.87. The minimum Gasteiger partial charge on any atom is -0.456 e. The Kier molecular flexibility index (Phi) is 3.13. The molecule has 0 aliphatic carbocycles. The number of benzene rings is 2. The van der Waals surface area contributed by atoms with E-state index in [-0.39, 0.29) is 5.97 Å². The fourth-order valence-electron chi connectivity index (χ4n) is 2.24. The van der Waals surface area contributed by atoms with Gasteiger partial charge >= 0.3 is 5.97 Å². The maximum Gasteiger partial charge on any atom is 0.338 e. The van der Waals surface area contributed by atoms with Crippen LogP contribution < -0.4 is 0 Å². The summed E-state index contributed by atoms with van der Waals surface area (Å²) in [5.74, 6) is -0.308. The Morgan fingerprint density at radius 2 is 1.67 bits per heavy atom. The first-order valence-electron chi connectivity index (χ1n) is 6.95. The lowest BCUT2D eigenvalue weighted by Crippen LogP contribution is -2.23. The standard InChI is InChI=1S/C18H17NO2/c1-18(2,3)21-17(20)13-8-9-16-14(11-13)10-12-6-4-5-7-15(12)19-16/h4-11H,1-3H3. The van der Waals surface area contributed by atoms with Crippen LogP contribution in [0, 0.1) is 0 Å². The molecule has 0 N–H and O–H groups in total. The van der Waals surface area contributed by atoms with Gasteiger partial charge in [0.05, 0.1) is 16.6 Å². The van der Waals surface area contributed by atoms with Crippen LogP contribution in [0.3, 0.4) is 0 Å². The molecule has 0 atom stereocenters. The van der Waals surface area contributed by atoms with Gasteiger partial charge in [-0.1, -0.05) is 18.2 Å². The summed E-state index contributed by atoms with van der Waals surface area (Å²) >= 11 is 0. The minimum absolute atomic E-state index is 0.308. The second kappa shape index (κ2) is 4.85. The molecule has 0 saturated heterocycles. The van der Waals surface area contributed by atoms with E-state index in [1.807, 2.05) is 63.2 Å². The number of nitrogens with zero attached hydrogens (tertiary/aromatic N) is 1. The molecule has 3 rings (SSSR count). The number of ether oxygens (including phenoxy) is 1. The van der Waals surface area contributed by atoms with Crippen molar-refractivity contribution >= 4 is 27.8 Å². The number of hydrogen-bond donors (Lipinski definition) is 0. The van der Waals surface area contributed by atoms with E-state index in [9.17, 15) is 4.79 Å². The maximum atomic E-state index is 12.1. The first kappa shape index (κ1) is 13.6. The molecule has 0 bridgehead atoms. The number of aromatic nitrogens is 1. The quantitative estimate of drug-likeness (QED) is 0.491. The Labute approximate surface area is 123 Å². The number of fused-ring (bicyclic) bond motifs is 2.